The molecular formula is C21H29F2N5O. The number of hydrogen-bond acceptors (Lipinski definition) is 5. The van der Waals surface area contributed by atoms with Gasteiger partial charge in [0, 0.05) is 19.1 Å². The second-order valence-electron chi connectivity index (χ2n) is 8.30. The fraction of sp³-hybridized carbons (Fsp3) is 0.619. The standard InChI is InChI=1S/C21H29F2N5O/c1-13-8-19(29-3)14(2)7-16(13)11-27-6-4-5-15(10-27)17-9-18(20(22)23)28-21(26-17)24-12-25-28/h7-8,12,15,17-18,20H,4-6,9-11H2,1-3H3,(H,24,25,26)/t15?,17-,18+/m0/s1. The van der Waals surface area contributed by atoms with Crippen molar-refractivity contribution in [3.05, 3.63) is 35.2 Å². The molecule has 3 atom stereocenters. The minimum absolute atomic E-state index is 0.00722. The molecule has 1 fully saturated rings. The first kappa shape index (κ1) is 20.1. The quantitative estimate of drug-likeness (QED) is 0.820. The van der Waals surface area contributed by atoms with Crippen LogP contribution in [0.3, 0.4) is 0 Å². The third-order valence-corrected chi connectivity index (χ3v) is 6.35. The van der Waals surface area contributed by atoms with Crippen LogP contribution in [0, 0.1) is 19.8 Å². The summed E-state index contributed by atoms with van der Waals surface area (Å²) in [4.78, 5) is 6.59. The zero-order valence-corrected chi connectivity index (χ0v) is 17.2. The molecule has 3 heterocycles. The fourth-order valence-electron chi connectivity index (χ4n) is 4.74. The first-order valence-corrected chi connectivity index (χ1v) is 10.3. The average Bonchev–Trinajstić information content (AvgIpc) is 3.18. The first-order chi connectivity index (χ1) is 14.0. The number of alkyl halides is 2. The highest BCUT2D eigenvalue weighted by Gasteiger charge is 2.38. The third-order valence-electron chi connectivity index (χ3n) is 6.35. The molecule has 0 saturated carbocycles. The molecule has 1 saturated heterocycles. The second-order valence-corrected chi connectivity index (χ2v) is 8.30. The Morgan fingerprint density at radius 3 is 2.86 bits per heavy atom. The van der Waals surface area contributed by atoms with Crippen molar-refractivity contribution in [2.45, 2.75) is 58.2 Å². The molecule has 0 amide bonds. The Hall–Kier alpha value is -2.22. The van der Waals surface area contributed by atoms with E-state index in [0.29, 0.717) is 18.3 Å². The van der Waals surface area contributed by atoms with Gasteiger partial charge in [-0.15, -0.1) is 0 Å². The molecule has 2 aromatic rings. The smallest absolute Gasteiger partial charge is 0.260 e. The molecule has 158 valence electrons. The minimum atomic E-state index is -2.44. The number of aryl methyl sites for hydroxylation is 2. The molecule has 0 radical (unpaired) electrons. The minimum Gasteiger partial charge on any atom is -0.496 e. The number of nitrogens with zero attached hydrogens (tertiary/aromatic N) is 4. The van der Waals surface area contributed by atoms with Crippen LogP contribution < -0.4 is 10.1 Å². The number of nitrogens with one attached hydrogen (secondary N) is 1. The summed E-state index contributed by atoms with van der Waals surface area (Å²) < 4.78 is 33.9. The molecule has 0 bridgehead atoms. The predicted octanol–water partition coefficient (Wildman–Crippen LogP) is 3.81. The number of ether oxygens (including phenoxy) is 1. The molecule has 4 rings (SSSR count). The summed E-state index contributed by atoms with van der Waals surface area (Å²) in [5.41, 5.74) is 3.65. The summed E-state index contributed by atoms with van der Waals surface area (Å²) in [5, 5.41) is 7.35. The molecule has 1 aromatic carbocycles. The molecule has 0 aliphatic carbocycles. The Labute approximate surface area is 170 Å². The van der Waals surface area contributed by atoms with Gasteiger partial charge in [-0.1, -0.05) is 6.07 Å². The van der Waals surface area contributed by atoms with Crippen molar-refractivity contribution in [3.8, 4) is 5.75 Å². The van der Waals surface area contributed by atoms with Gasteiger partial charge in [0.1, 0.15) is 18.1 Å². The van der Waals surface area contributed by atoms with Crippen molar-refractivity contribution in [1.82, 2.24) is 19.7 Å². The Bertz CT molecular complexity index is 856. The lowest BCUT2D eigenvalue weighted by Gasteiger charge is -2.40. The van der Waals surface area contributed by atoms with Crippen molar-refractivity contribution in [1.29, 1.82) is 0 Å². The number of benzene rings is 1. The molecule has 2 aliphatic rings. The average molecular weight is 405 g/mol. The molecule has 6 nitrogen and oxygen atoms in total. The van der Waals surface area contributed by atoms with Crippen LogP contribution in [0.2, 0.25) is 0 Å². The maximum atomic E-state index is 13.6. The number of halogens is 2. The molecular weight excluding hydrogens is 376 g/mol. The van der Waals surface area contributed by atoms with Gasteiger partial charge in [-0.3, -0.25) is 4.90 Å². The number of rotatable bonds is 5. The number of aromatic nitrogens is 3. The van der Waals surface area contributed by atoms with Crippen LogP contribution in [-0.2, 0) is 6.54 Å². The van der Waals surface area contributed by atoms with Gasteiger partial charge in [-0.25, -0.2) is 13.5 Å². The van der Waals surface area contributed by atoms with Crippen molar-refractivity contribution in [2.24, 2.45) is 5.92 Å². The summed E-state index contributed by atoms with van der Waals surface area (Å²) in [5.74, 6) is 1.69. The van der Waals surface area contributed by atoms with Gasteiger partial charge in [0.25, 0.3) is 6.43 Å². The highest BCUT2D eigenvalue weighted by atomic mass is 19.3. The van der Waals surface area contributed by atoms with E-state index in [1.54, 1.807) is 7.11 Å². The SMILES string of the molecule is COc1cc(C)c(CN2CCCC([C@@H]3C[C@H](C(F)F)n4ncnc4N3)C2)cc1C. The van der Waals surface area contributed by atoms with Crippen molar-refractivity contribution >= 4 is 5.95 Å². The Kier molecular flexibility index (Phi) is 5.72. The number of piperidine rings is 1. The number of fused-ring (bicyclic) bond motifs is 1. The fourth-order valence-corrected chi connectivity index (χ4v) is 4.74. The van der Waals surface area contributed by atoms with Crippen molar-refractivity contribution < 1.29 is 13.5 Å². The largest absolute Gasteiger partial charge is 0.496 e. The molecule has 1 unspecified atom stereocenters. The van der Waals surface area contributed by atoms with E-state index in [2.05, 4.69) is 46.3 Å². The lowest BCUT2D eigenvalue weighted by Crippen LogP contribution is -2.46. The van der Waals surface area contributed by atoms with E-state index >= 15 is 0 Å². The summed E-state index contributed by atoms with van der Waals surface area (Å²) in [6.45, 7) is 6.97. The van der Waals surface area contributed by atoms with E-state index in [1.165, 1.54) is 22.1 Å². The summed E-state index contributed by atoms with van der Waals surface area (Å²) in [7, 11) is 1.70. The Balaban J connectivity index is 1.46. The molecule has 29 heavy (non-hydrogen) atoms. The summed E-state index contributed by atoms with van der Waals surface area (Å²) in [6, 6.07) is 3.38. The maximum absolute atomic E-state index is 13.6. The van der Waals surface area contributed by atoms with Gasteiger partial charge < -0.3 is 10.1 Å². The highest BCUT2D eigenvalue weighted by Crippen LogP contribution is 2.35. The lowest BCUT2D eigenvalue weighted by atomic mass is 9.86. The number of anilines is 1. The topological polar surface area (TPSA) is 55.2 Å². The Morgan fingerprint density at radius 1 is 1.28 bits per heavy atom. The van der Waals surface area contributed by atoms with Gasteiger partial charge in [-0.2, -0.15) is 10.1 Å². The third kappa shape index (κ3) is 4.08. The molecule has 1 N–H and O–H groups in total. The van der Waals surface area contributed by atoms with E-state index < -0.39 is 12.5 Å². The van der Waals surface area contributed by atoms with Crippen molar-refractivity contribution in [2.75, 3.05) is 25.5 Å². The van der Waals surface area contributed by atoms with Crippen LogP contribution in [-0.4, -0.2) is 52.3 Å². The predicted molar refractivity (Wildman–Crippen MR) is 108 cm³/mol. The zero-order chi connectivity index (χ0) is 20.5. The normalized spacial score (nSPS) is 25.0. The van der Waals surface area contributed by atoms with Crippen LogP contribution in [0.4, 0.5) is 14.7 Å². The molecule has 1 aromatic heterocycles. The van der Waals surface area contributed by atoms with Gasteiger partial charge in [-0.05, 0) is 68.3 Å². The van der Waals surface area contributed by atoms with Crippen LogP contribution in [0.1, 0.15) is 42.0 Å². The molecule has 2 aliphatic heterocycles. The van der Waals surface area contributed by atoms with Crippen LogP contribution >= 0.6 is 0 Å². The van der Waals surface area contributed by atoms with E-state index in [9.17, 15) is 8.78 Å². The van der Waals surface area contributed by atoms with E-state index in [4.69, 9.17) is 4.74 Å². The maximum Gasteiger partial charge on any atom is 0.260 e. The number of likely N-dealkylation sites (tertiary alicyclic amines) is 1. The van der Waals surface area contributed by atoms with Gasteiger partial charge in [0.2, 0.25) is 5.95 Å². The first-order valence-electron chi connectivity index (χ1n) is 10.3. The summed E-state index contributed by atoms with van der Waals surface area (Å²) >= 11 is 0. The molecule has 8 heteroatoms. The zero-order valence-electron chi connectivity index (χ0n) is 17.2. The molecule has 0 spiro atoms. The number of methoxy groups -OCH3 is 1. The Morgan fingerprint density at radius 2 is 2.10 bits per heavy atom. The van der Waals surface area contributed by atoms with Gasteiger partial charge in [0.05, 0.1) is 7.11 Å². The monoisotopic (exact) mass is 405 g/mol. The summed E-state index contributed by atoms with van der Waals surface area (Å²) in [6.07, 6.45) is 1.40. The van der Waals surface area contributed by atoms with Crippen LogP contribution in [0.25, 0.3) is 0 Å². The van der Waals surface area contributed by atoms with Crippen molar-refractivity contribution in [3.63, 3.8) is 0 Å². The van der Waals surface area contributed by atoms with E-state index in [1.807, 2.05) is 0 Å². The number of hydrogen-bond donors (Lipinski definition) is 1. The van der Waals surface area contributed by atoms with E-state index in [0.717, 1.165) is 43.8 Å². The highest BCUT2D eigenvalue weighted by molar-refractivity contribution is 5.41. The van der Waals surface area contributed by atoms with Crippen LogP contribution in [0.15, 0.2) is 18.5 Å². The lowest BCUT2D eigenvalue weighted by molar-refractivity contribution is 0.0550. The van der Waals surface area contributed by atoms with Gasteiger partial charge >= 0.3 is 0 Å². The van der Waals surface area contributed by atoms with Gasteiger partial charge in [0.15, 0.2) is 0 Å². The van der Waals surface area contributed by atoms with Crippen LogP contribution in [0.5, 0.6) is 5.75 Å². The second kappa shape index (κ2) is 8.26. The van der Waals surface area contributed by atoms with E-state index in [-0.39, 0.29) is 6.04 Å².